The normalized spacial score (nSPS) is 10.4. The maximum Gasteiger partial charge on any atom is 0.288 e. The van der Waals surface area contributed by atoms with E-state index < -0.39 is 5.76 Å². The van der Waals surface area contributed by atoms with Crippen LogP contribution in [0.25, 0.3) is 0 Å². The molecule has 0 atom stereocenters. The number of anilines is 2. The van der Waals surface area contributed by atoms with Crippen molar-refractivity contribution in [3.63, 3.8) is 0 Å². The number of thiocarbonyl (C=S) groups is 1. The average Bonchev–Trinajstić information content (AvgIpc) is 2.61. The predicted octanol–water partition coefficient (Wildman–Crippen LogP) is 4.84. The van der Waals surface area contributed by atoms with E-state index in [4.69, 9.17) is 26.4 Å². The summed E-state index contributed by atoms with van der Waals surface area (Å²) in [4.78, 5) is 0.481. The van der Waals surface area contributed by atoms with Crippen LogP contribution >= 0.6 is 24.0 Å². The van der Waals surface area contributed by atoms with E-state index in [1.165, 1.54) is 21.3 Å². The highest BCUT2D eigenvalue weighted by Crippen LogP contribution is 2.40. The molecule has 5 nitrogen and oxygen atoms in total. The number of hydrogen-bond donors (Lipinski definition) is 2. The minimum absolute atomic E-state index is 0.327. The third kappa shape index (κ3) is 5.37. The quantitative estimate of drug-likeness (QED) is 0.510. The van der Waals surface area contributed by atoms with Crippen LogP contribution in [-0.4, -0.2) is 32.2 Å². The molecular formula is C17H18F2N2O3S2. The topological polar surface area (TPSA) is 51.8 Å². The van der Waals surface area contributed by atoms with Crippen LogP contribution in [0.1, 0.15) is 0 Å². The number of rotatable bonds is 7. The number of ether oxygens (including phenoxy) is 3. The average molecular weight is 400 g/mol. The van der Waals surface area contributed by atoms with E-state index in [1.54, 1.807) is 36.4 Å². The maximum absolute atomic E-state index is 12.3. The van der Waals surface area contributed by atoms with Crippen molar-refractivity contribution in [3.05, 3.63) is 36.4 Å². The van der Waals surface area contributed by atoms with Crippen molar-refractivity contribution < 1.29 is 23.0 Å². The number of methoxy groups -OCH3 is 3. The van der Waals surface area contributed by atoms with E-state index in [2.05, 4.69) is 10.6 Å². The lowest BCUT2D eigenvalue weighted by Gasteiger charge is -2.16. The Hall–Kier alpha value is -2.26. The molecule has 2 aromatic rings. The van der Waals surface area contributed by atoms with Crippen molar-refractivity contribution in [1.82, 2.24) is 0 Å². The maximum atomic E-state index is 12.3. The molecule has 2 aromatic carbocycles. The third-order valence-corrected chi connectivity index (χ3v) is 4.19. The first-order valence-electron chi connectivity index (χ1n) is 7.39. The molecule has 0 bridgehead atoms. The summed E-state index contributed by atoms with van der Waals surface area (Å²) in [6, 6.07) is 9.99. The van der Waals surface area contributed by atoms with Gasteiger partial charge in [-0.25, -0.2) is 0 Å². The molecule has 2 N–H and O–H groups in total. The van der Waals surface area contributed by atoms with E-state index in [-0.39, 0.29) is 0 Å². The fourth-order valence-corrected chi connectivity index (χ4v) is 2.90. The zero-order valence-corrected chi connectivity index (χ0v) is 16.0. The number of thioether (sulfide) groups is 1. The van der Waals surface area contributed by atoms with Crippen molar-refractivity contribution >= 4 is 40.5 Å². The number of alkyl halides is 2. The lowest BCUT2D eigenvalue weighted by Crippen LogP contribution is -2.19. The molecule has 9 heteroatoms. The van der Waals surface area contributed by atoms with Crippen molar-refractivity contribution in [3.8, 4) is 17.2 Å². The SMILES string of the molecule is COc1cc(NC(=S)Nc2ccc(SC(F)F)cc2)cc(OC)c1OC. The smallest absolute Gasteiger partial charge is 0.288 e. The van der Waals surface area contributed by atoms with Gasteiger partial charge in [0.15, 0.2) is 16.6 Å². The first kappa shape index (κ1) is 20.1. The van der Waals surface area contributed by atoms with Gasteiger partial charge in [0.1, 0.15) is 0 Å². The standard InChI is InChI=1S/C17H18F2N2O3S2/c1-22-13-8-11(9-14(23-2)15(13)24-3)21-17(25)20-10-4-6-12(7-5-10)26-16(18)19/h4-9,16H,1-3H3,(H2,20,21,25). The van der Waals surface area contributed by atoms with Crippen LogP contribution in [0.4, 0.5) is 20.2 Å². The second kappa shape index (κ2) is 9.44. The second-order valence-electron chi connectivity index (χ2n) is 4.90. The molecule has 0 amide bonds. The van der Waals surface area contributed by atoms with Gasteiger partial charge in [-0.1, -0.05) is 11.8 Å². The van der Waals surface area contributed by atoms with E-state index in [0.29, 0.717) is 50.4 Å². The lowest BCUT2D eigenvalue weighted by atomic mass is 10.2. The van der Waals surface area contributed by atoms with E-state index >= 15 is 0 Å². The molecule has 0 saturated heterocycles. The summed E-state index contributed by atoms with van der Waals surface area (Å²) in [5.41, 5.74) is 1.32. The van der Waals surface area contributed by atoms with Crippen LogP contribution in [0, 0.1) is 0 Å². The molecule has 0 spiro atoms. The number of halogens is 2. The van der Waals surface area contributed by atoms with Gasteiger partial charge in [0.2, 0.25) is 5.75 Å². The Bertz CT molecular complexity index is 733. The number of hydrogen-bond acceptors (Lipinski definition) is 5. The first-order chi connectivity index (χ1) is 12.5. The van der Waals surface area contributed by atoms with Crippen LogP contribution in [0.15, 0.2) is 41.3 Å². The summed E-state index contributed by atoms with van der Waals surface area (Å²) in [6.07, 6.45) is 0. The zero-order chi connectivity index (χ0) is 19.1. The monoisotopic (exact) mass is 400 g/mol. The van der Waals surface area contributed by atoms with Crippen molar-refractivity contribution in [1.29, 1.82) is 0 Å². The molecule has 0 aliphatic heterocycles. The molecule has 2 rings (SSSR count). The molecule has 0 saturated carbocycles. The van der Waals surface area contributed by atoms with E-state index in [9.17, 15) is 8.78 Å². The number of nitrogens with one attached hydrogen (secondary N) is 2. The molecule has 0 aliphatic rings. The van der Waals surface area contributed by atoms with Gasteiger partial charge >= 0.3 is 0 Å². The van der Waals surface area contributed by atoms with E-state index in [0.717, 1.165) is 0 Å². The van der Waals surface area contributed by atoms with Crippen LogP contribution in [0.2, 0.25) is 0 Å². The Morgan fingerprint density at radius 2 is 1.46 bits per heavy atom. The highest BCUT2D eigenvalue weighted by atomic mass is 32.2. The molecule has 0 fully saturated rings. The molecule has 0 aliphatic carbocycles. The molecule has 26 heavy (non-hydrogen) atoms. The van der Waals surface area contributed by atoms with Gasteiger partial charge in [-0.15, -0.1) is 0 Å². The van der Waals surface area contributed by atoms with Crippen LogP contribution in [-0.2, 0) is 0 Å². The van der Waals surface area contributed by atoms with Gasteiger partial charge in [-0.05, 0) is 36.5 Å². The van der Waals surface area contributed by atoms with Crippen molar-refractivity contribution in [2.45, 2.75) is 10.7 Å². The molecule has 0 heterocycles. The summed E-state index contributed by atoms with van der Waals surface area (Å²) in [5.74, 6) is -0.987. The Labute approximate surface area is 160 Å². The van der Waals surface area contributed by atoms with Crippen molar-refractivity contribution in [2.75, 3.05) is 32.0 Å². The summed E-state index contributed by atoms with van der Waals surface area (Å²) in [5, 5.41) is 6.33. The Balaban J connectivity index is 2.07. The third-order valence-electron chi connectivity index (χ3n) is 3.26. The van der Waals surface area contributed by atoms with Crippen LogP contribution in [0.3, 0.4) is 0 Å². The fourth-order valence-electron chi connectivity index (χ4n) is 2.17. The number of benzene rings is 2. The lowest BCUT2D eigenvalue weighted by molar-refractivity contribution is 0.252. The van der Waals surface area contributed by atoms with Crippen LogP contribution < -0.4 is 24.8 Å². The summed E-state index contributed by atoms with van der Waals surface area (Å²) in [7, 11) is 4.57. The Kier molecular flexibility index (Phi) is 7.28. The van der Waals surface area contributed by atoms with Gasteiger partial charge < -0.3 is 24.8 Å². The van der Waals surface area contributed by atoms with Crippen molar-refractivity contribution in [2.24, 2.45) is 0 Å². The molecule has 0 aromatic heterocycles. The van der Waals surface area contributed by atoms with E-state index in [1.807, 2.05) is 0 Å². The highest BCUT2D eigenvalue weighted by molar-refractivity contribution is 7.99. The van der Waals surface area contributed by atoms with Gasteiger partial charge in [-0.3, -0.25) is 0 Å². The minimum atomic E-state index is -2.45. The molecule has 140 valence electrons. The summed E-state index contributed by atoms with van der Waals surface area (Å²) >= 11 is 5.77. The Morgan fingerprint density at radius 3 is 1.92 bits per heavy atom. The molecule has 0 radical (unpaired) electrons. The summed E-state index contributed by atoms with van der Waals surface area (Å²) in [6.45, 7) is 0. The zero-order valence-electron chi connectivity index (χ0n) is 14.3. The highest BCUT2D eigenvalue weighted by Gasteiger charge is 2.14. The van der Waals surface area contributed by atoms with Gasteiger partial charge in [0.25, 0.3) is 5.76 Å². The van der Waals surface area contributed by atoms with Gasteiger partial charge in [0, 0.05) is 28.4 Å². The second-order valence-corrected chi connectivity index (χ2v) is 6.37. The van der Waals surface area contributed by atoms with Gasteiger partial charge in [-0.2, -0.15) is 8.78 Å². The molecule has 0 unspecified atom stereocenters. The minimum Gasteiger partial charge on any atom is -0.493 e. The summed E-state index contributed by atoms with van der Waals surface area (Å²) < 4.78 is 40.5. The largest absolute Gasteiger partial charge is 0.493 e. The fraction of sp³-hybridized carbons (Fsp3) is 0.235. The Morgan fingerprint density at radius 1 is 0.923 bits per heavy atom. The predicted molar refractivity (Wildman–Crippen MR) is 104 cm³/mol. The van der Waals surface area contributed by atoms with Gasteiger partial charge in [0.05, 0.1) is 21.3 Å². The molecular weight excluding hydrogens is 382 g/mol. The first-order valence-corrected chi connectivity index (χ1v) is 8.68. The van der Waals surface area contributed by atoms with Crippen LogP contribution in [0.5, 0.6) is 17.2 Å².